The summed E-state index contributed by atoms with van der Waals surface area (Å²) < 4.78 is 0. The molecule has 1 saturated carbocycles. The van der Waals surface area contributed by atoms with Crippen molar-refractivity contribution in [1.29, 1.82) is 0 Å². The Hall–Kier alpha value is -0.0800. The summed E-state index contributed by atoms with van der Waals surface area (Å²) in [5.74, 6) is 0.940. The van der Waals surface area contributed by atoms with E-state index in [0.29, 0.717) is 12.1 Å². The van der Waals surface area contributed by atoms with Gasteiger partial charge in [-0.1, -0.05) is 46.0 Å². The van der Waals surface area contributed by atoms with Gasteiger partial charge in [0.15, 0.2) is 0 Å². The highest BCUT2D eigenvalue weighted by molar-refractivity contribution is 4.80. The van der Waals surface area contributed by atoms with E-state index in [1.807, 2.05) is 0 Å². The van der Waals surface area contributed by atoms with Gasteiger partial charge in [0, 0.05) is 18.6 Å². The second-order valence-corrected chi connectivity index (χ2v) is 5.72. The molecular formula is C15H32N2. The molecule has 2 heteroatoms. The standard InChI is InChI=1S/C15H32N2/c1-4-13(3)17(5-2)15(12-16)11-14-9-7-6-8-10-14/h13-15H,4-12,16H2,1-3H3. The van der Waals surface area contributed by atoms with Crippen LogP contribution in [0.5, 0.6) is 0 Å². The van der Waals surface area contributed by atoms with Crippen molar-refractivity contribution in [1.82, 2.24) is 4.90 Å². The zero-order valence-electron chi connectivity index (χ0n) is 12.1. The molecule has 2 nitrogen and oxygen atoms in total. The van der Waals surface area contributed by atoms with Gasteiger partial charge >= 0.3 is 0 Å². The lowest BCUT2D eigenvalue weighted by molar-refractivity contribution is 0.122. The maximum atomic E-state index is 6.02. The third-order valence-corrected chi connectivity index (χ3v) is 4.59. The van der Waals surface area contributed by atoms with Crippen LogP contribution in [0.2, 0.25) is 0 Å². The Bertz CT molecular complexity index is 187. The lowest BCUT2D eigenvalue weighted by Crippen LogP contribution is -2.46. The average Bonchev–Trinajstić information content (AvgIpc) is 2.39. The summed E-state index contributed by atoms with van der Waals surface area (Å²) in [6.45, 7) is 8.86. The van der Waals surface area contributed by atoms with Gasteiger partial charge in [0.1, 0.15) is 0 Å². The van der Waals surface area contributed by atoms with Gasteiger partial charge in [-0.2, -0.15) is 0 Å². The van der Waals surface area contributed by atoms with Gasteiger partial charge in [-0.15, -0.1) is 0 Å². The molecule has 0 heterocycles. The van der Waals surface area contributed by atoms with Gasteiger partial charge in [-0.25, -0.2) is 0 Å². The van der Waals surface area contributed by atoms with Crippen LogP contribution in [0, 0.1) is 5.92 Å². The molecule has 1 fully saturated rings. The van der Waals surface area contributed by atoms with Gasteiger partial charge in [0.2, 0.25) is 0 Å². The molecule has 0 aromatic rings. The van der Waals surface area contributed by atoms with Crippen molar-refractivity contribution in [2.45, 2.75) is 77.8 Å². The van der Waals surface area contributed by atoms with Crippen molar-refractivity contribution >= 4 is 0 Å². The predicted molar refractivity (Wildman–Crippen MR) is 76.2 cm³/mol. The van der Waals surface area contributed by atoms with Gasteiger partial charge in [-0.3, -0.25) is 4.90 Å². The third kappa shape index (κ3) is 4.59. The first kappa shape index (κ1) is 15.0. The highest BCUT2D eigenvalue weighted by Crippen LogP contribution is 2.29. The van der Waals surface area contributed by atoms with Crippen molar-refractivity contribution < 1.29 is 0 Å². The van der Waals surface area contributed by atoms with Crippen LogP contribution in [0.3, 0.4) is 0 Å². The summed E-state index contributed by atoms with van der Waals surface area (Å²) >= 11 is 0. The van der Waals surface area contributed by atoms with Crippen LogP contribution in [0.15, 0.2) is 0 Å². The van der Waals surface area contributed by atoms with Gasteiger partial charge < -0.3 is 5.73 Å². The number of nitrogens with two attached hydrogens (primary N) is 1. The molecule has 2 unspecified atom stereocenters. The Labute approximate surface area is 108 Å². The first-order valence-corrected chi connectivity index (χ1v) is 7.68. The fourth-order valence-electron chi connectivity index (χ4n) is 3.34. The summed E-state index contributed by atoms with van der Waals surface area (Å²) in [5.41, 5.74) is 6.02. The largest absolute Gasteiger partial charge is 0.329 e. The molecule has 17 heavy (non-hydrogen) atoms. The lowest BCUT2D eigenvalue weighted by Gasteiger charge is -2.37. The van der Waals surface area contributed by atoms with E-state index in [9.17, 15) is 0 Å². The molecule has 0 bridgehead atoms. The van der Waals surface area contributed by atoms with E-state index in [4.69, 9.17) is 5.73 Å². The molecule has 2 N–H and O–H groups in total. The lowest BCUT2D eigenvalue weighted by atomic mass is 9.84. The van der Waals surface area contributed by atoms with Crippen molar-refractivity contribution in [3.63, 3.8) is 0 Å². The quantitative estimate of drug-likeness (QED) is 0.739. The molecule has 1 aliphatic rings. The van der Waals surface area contributed by atoms with E-state index in [-0.39, 0.29) is 0 Å². The molecule has 2 atom stereocenters. The monoisotopic (exact) mass is 240 g/mol. The van der Waals surface area contributed by atoms with Crippen LogP contribution in [-0.4, -0.2) is 30.1 Å². The van der Waals surface area contributed by atoms with Crippen LogP contribution in [0.4, 0.5) is 0 Å². The Kier molecular flexibility index (Phi) is 7.14. The second kappa shape index (κ2) is 8.10. The normalized spacial score (nSPS) is 21.7. The predicted octanol–water partition coefficient (Wildman–Crippen LogP) is 3.40. The van der Waals surface area contributed by atoms with E-state index in [0.717, 1.165) is 19.0 Å². The van der Waals surface area contributed by atoms with Gasteiger partial charge in [0.25, 0.3) is 0 Å². The summed E-state index contributed by atoms with van der Waals surface area (Å²) in [6, 6.07) is 1.29. The van der Waals surface area contributed by atoms with E-state index in [1.165, 1.54) is 44.9 Å². The zero-order valence-corrected chi connectivity index (χ0v) is 12.1. The van der Waals surface area contributed by atoms with Gasteiger partial charge in [-0.05, 0) is 32.2 Å². The van der Waals surface area contributed by atoms with Crippen LogP contribution in [0.1, 0.15) is 65.7 Å². The fraction of sp³-hybridized carbons (Fsp3) is 1.00. The van der Waals surface area contributed by atoms with E-state index in [2.05, 4.69) is 25.7 Å². The summed E-state index contributed by atoms with van der Waals surface area (Å²) in [4.78, 5) is 2.62. The van der Waals surface area contributed by atoms with Crippen molar-refractivity contribution in [2.24, 2.45) is 11.7 Å². The molecule has 1 rings (SSSR count). The van der Waals surface area contributed by atoms with Crippen molar-refractivity contribution in [3.8, 4) is 0 Å². The van der Waals surface area contributed by atoms with Crippen LogP contribution >= 0.6 is 0 Å². The summed E-state index contributed by atoms with van der Waals surface area (Å²) in [7, 11) is 0. The molecule has 0 amide bonds. The number of hydrogen-bond acceptors (Lipinski definition) is 2. The first-order chi connectivity index (χ1) is 8.22. The van der Waals surface area contributed by atoms with Crippen LogP contribution in [-0.2, 0) is 0 Å². The second-order valence-electron chi connectivity index (χ2n) is 5.72. The highest BCUT2D eigenvalue weighted by Gasteiger charge is 2.24. The number of nitrogens with zero attached hydrogens (tertiary/aromatic N) is 1. The number of rotatable bonds is 7. The zero-order chi connectivity index (χ0) is 12.7. The topological polar surface area (TPSA) is 29.3 Å². The van der Waals surface area contributed by atoms with Gasteiger partial charge in [0.05, 0.1) is 0 Å². The number of likely N-dealkylation sites (N-methyl/N-ethyl adjacent to an activating group) is 1. The van der Waals surface area contributed by atoms with E-state index >= 15 is 0 Å². The maximum Gasteiger partial charge on any atom is 0.0223 e. The molecule has 0 spiro atoms. The molecule has 102 valence electrons. The van der Waals surface area contributed by atoms with E-state index in [1.54, 1.807) is 0 Å². The fourth-order valence-corrected chi connectivity index (χ4v) is 3.34. The highest BCUT2D eigenvalue weighted by atomic mass is 15.2. The molecule has 0 saturated heterocycles. The minimum absolute atomic E-state index is 0.609. The summed E-state index contributed by atoms with van der Waals surface area (Å²) in [6.07, 6.45) is 9.77. The third-order valence-electron chi connectivity index (χ3n) is 4.59. The first-order valence-electron chi connectivity index (χ1n) is 7.68. The van der Waals surface area contributed by atoms with Crippen molar-refractivity contribution in [2.75, 3.05) is 13.1 Å². The molecule has 0 aromatic heterocycles. The average molecular weight is 240 g/mol. The smallest absolute Gasteiger partial charge is 0.0223 e. The minimum atomic E-state index is 0.609. The molecule has 0 aliphatic heterocycles. The molecule has 0 radical (unpaired) electrons. The SMILES string of the molecule is CCC(C)N(CC)C(CN)CC1CCCCC1. The Morgan fingerprint density at radius 3 is 2.29 bits per heavy atom. The number of hydrogen-bond donors (Lipinski definition) is 1. The van der Waals surface area contributed by atoms with Crippen LogP contribution < -0.4 is 5.73 Å². The molecule has 0 aromatic carbocycles. The Balaban J connectivity index is 2.49. The minimum Gasteiger partial charge on any atom is -0.329 e. The Morgan fingerprint density at radius 1 is 1.18 bits per heavy atom. The van der Waals surface area contributed by atoms with E-state index < -0.39 is 0 Å². The summed E-state index contributed by atoms with van der Waals surface area (Å²) in [5, 5.41) is 0. The molecule has 1 aliphatic carbocycles. The van der Waals surface area contributed by atoms with Crippen LogP contribution in [0.25, 0.3) is 0 Å². The van der Waals surface area contributed by atoms with Crippen molar-refractivity contribution in [3.05, 3.63) is 0 Å². The molecular weight excluding hydrogens is 208 g/mol. The Morgan fingerprint density at radius 2 is 1.82 bits per heavy atom. The maximum absolute atomic E-state index is 6.02.